The first kappa shape index (κ1) is 14.9. The van der Waals surface area contributed by atoms with Gasteiger partial charge >= 0.3 is 0 Å². The number of fused-ring (bicyclic) bond motifs is 3. The Morgan fingerprint density at radius 3 is 2.74 bits per heavy atom. The fourth-order valence-corrected chi connectivity index (χ4v) is 4.98. The molecule has 2 aromatic rings. The molecule has 4 rings (SSSR count). The van der Waals surface area contributed by atoms with Crippen LogP contribution in [0.3, 0.4) is 0 Å². The Labute approximate surface area is 140 Å². The van der Waals surface area contributed by atoms with Crippen molar-refractivity contribution in [3.63, 3.8) is 0 Å². The minimum Gasteiger partial charge on any atom is -0.365 e. The van der Waals surface area contributed by atoms with E-state index in [-0.39, 0.29) is 12.0 Å². The molecule has 0 spiro atoms. The molecule has 0 saturated heterocycles. The summed E-state index contributed by atoms with van der Waals surface area (Å²) in [6.45, 7) is 1.53. The van der Waals surface area contributed by atoms with E-state index in [9.17, 15) is 4.79 Å². The largest absolute Gasteiger partial charge is 0.365 e. The molecule has 0 bridgehead atoms. The zero-order chi connectivity index (χ0) is 15.8. The Morgan fingerprint density at radius 1 is 1.17 bits per heavy atom. The third-order valence-corrected chi connectivity index (χ3v) is 5.96. The molecule has 1 N–H and O–H groups in total. The summed E-state index contributed by atoms with van der Waals surface area (Å²) in [5.41, 5.74) is 3.34. The molecule has 0 radical (unpaired) electrons. The average molecular weight is 327 g/mol. The molecule has 1 amide bonds. The summed E-state index contributed by atoms with van der Waals surface area (Å²) in [5.74, 6) is 0.547. The zero-order valence-electron chi connectivity index (χ0n) is 13.2. The van der Waals surface area contributed by atoms with Crippen LogP contribution in [-0.4, -0.2) is 12.0 Å². The van der Waals surface area contributed by atoms with E-state index in [1.54, 1.807) is 0 Å². The summed E-state index contributed by atoms with van der Waals surface area (Å²) < 4.78 is 6.50. The first-order chi connectivity index (χ1) is 11.2. The van der Waals surface area contributed by atoms with E-state index in [1.807, 2.05) is 23.5 Å². The molecule has 1 saturated carbocycles. The van der Waals surface area contributed by atoms with Gasteiger partial charge in [0, 0.05) is 23.4 Å². The Hall–Kier alpha value is -1.65. The van der Waals surface area contributed by atoms with Crippen LogP contribution < -0.4 is 5.32 Å². The molecule has 1 aliphatic heterocycles. The summed E-state index contributed by atoms with van der Waals surface area (Å²) in [6, 6.07) is 10.3. The lowest BCUT2D eigenvalue weighted by Gasteiger charge is -2.39. The number of ether oxygens (including phenoxy) is 1. The Kier molecular flexibility index (Phi) is 3.95. The Bertz CT molecular complexity index is 706. The van der Waals surface area contributed by atoms with Crippen LogP contribution in [0.1, 0.15) is 60.6 Å². The van der Waals surface area contributed by atoms with Crippen LogP contribution in [0.25, 0.3) is 0 Å². The summed E-state index contributed by atoms with van der Waals surface area (Å²) in [5, 5.41) is 5.01. The molecule has 3 nitrogen and oxygen atoms in total. The number of amides is 1. The van der Waals surface area contributed by atoms with Crippen molar-refractivity contribution in [2.45, 2.75) is 50.7 Å². The van der Waals surface area contributed by atoms with Crippen LogP contribution in [0.5, 0.6) is 0 Å². The third kappa shape index (κ3) is 2.81. The van der Waals surface area contributed by atoms with Crippen molar-refractivity contribution in [3.05, 3.63) is 51.7 Å². The molecular weight excluding hydrogens is 306 g/mol. The van der Waals surface area contributed by atoms with Crippen LogP contribution in [0, 0.1) is 0 Å². The number of anilines is 1. The smallest absolute Gasteiger partial charge is 0.221 e. The van der Waals surface area contributed by atoms with Crippen molar-refractivity contribution in [2.75, 3.05) is 5.32 Å². The van der Waals surface area contributed by atoms with E-state index in [2.05, 4.69) is 28.9 Å². The SMILES string of the molecule is CC(=O)Nc1ccc([C@@H]2O[C@H]3CCCC[C@H]3c3sccc32)cc1. The van der Waals surface area contributed by atoms with Gasteiger partial charge in [-0.1, -0.05) is 25.0 Å². The predicted octanol–water partition coefficient (Wildman–Crippen LogP) is 4.85. The highest BCUT2D eigenvalue weighted by atomic mass is 32.1. The lowest BCUT2D eigenvalue weighted by molar-refractivity contribution is -0.114. The highest BCUT2D eigenvalue weighted by Crippen LogP contribution is 2.48. The van der Waals surface area contributed by atoms with Crippen molar-refractivity contribution in [3.8, 4) is 0 Å². The zero-order valence-corrected chi connectivity index (χ0v) is 14.1. The lowest BCUT2D eigenvalue weighted by atomic mass is 9.80. The van der Waals surface area contributed by atoms with Gasteiger partial charge in [-0.25, -0.2) is 0 Å². The van der Waals surface area contributed by atoms with Crippen molar-refractivity contribution in [1.82, 2.24) is 0 Å². The van der Waals surface area contributed by atoms with Gasteiger partial charge in [0.15, 0.2) is 0 Å². The predicted molar refractivity (Wildman–Crippen MR) is 93.0 cm³/mol. The van der Waals surface area contributed by atoms with Gasteiger partial charge in [0.25, 0.3) is 0 Å². The van der Waals surface area contributed by atoms with Crippen LogP contribution in [0.2, 0.25) is 0 Å². The van der Waals surface area contributed by atoms with Crippen molar-refractivity contribution < 1.29 is 9.53 Å². The minimum absolute atomic E-state index is 0.0296. The topological polar surface area (TPSA) is 38.3 Å². The maximum Gasteiger partial charge on any atom is 0.221 e. The van der Waals surface area contributed by atoms with Gasteiger partial charge in [-0.2, -0.15) is 0 Å². The summed E-state index contributed by atoms with van der Waals surface area (Å²) in [7, 11) is 0. The molecule has 120 valence electrons. The van der Waals surface area contributed by atoms with Crippen molar-refractivity contribution in [1.29, 1.82) is 0 Å². The number of benzene rings is 1. The van der Waals surface area contributed by atoms with Crippen LogP contribution in [-0.2, 0) is 9.53 Å². The molecule has 23 heavy (non-hydrogen) atoms. The monoisotopic (exact) mass is 327 g/mol. The van der Waals surface area contributed by atoms with E-state index in [0.29, 0.717) is 12.0 Å². The first-order valence-electron chi connectivity index (χ1n) is 8.32. The Morgan fingerprint density at radius 2 is 1.96 bits per heavy atom. The van der Waals surface area contributed by atoms with E-state index in [0.717, 1.165) is 5.69 Å². The number of hydrogen-bond donors (Lipinski definition) is 1. The highest BCUT2D eigenvalue weighted by molar-refractivity contribution is 7.10. The van der Waals surface area contributed by atoms with Crippen molar-refractivity contribution in [2.24, 2.45) is 0 Å². The molecule has 3 atom stereocenters. The summed E-state index contributed by atoms with van der Waals surface area (Å²) >= 11 is 1.88. The quantitative estimate of drug-likeness (QED) is 0.856. The number of nitrogens with one attached hydrogen (secondary N) is 1. The Balaban J connectivity index is 1.65. The molecule has 1 fully saturated rings. The maximum atomic E-state index is 11.2. The van der Waals surface area contributed by atoms with Gasteiger partial charge in [-0.3, -0.25) is 4.79 Å². The number of rotatable bonds is 2. The van der Waals surface area contributed by atoms with Crippen LogP contribution in [0.4, 0.5) is 5.69 Å². The van der Waals surface area contributed by atoms with E-state index < -0.39 is 0 Å². The van der Waals surface area contributed by atoms with Gasteiger partial charge in [-0.05, 0) is 47.5 Å². The number of carbonyl (C=O) groups excluding carboxylic acids is 1. The second-order valence-electron chi connectivity index (χ2n) is 6.49. The first-order valence-corrected chi connectivity index (χ1v) is 9.20. The highest BCUT2D eigenvalue weighted by Gasteiger charge is 2.38. The fraction of sp³-hybridized carbons (Fsp3) is 0.421. The second-order valence-corrected chi connectivity index (χ2v) is 7.44. The van der Waals surface area contributed by atoms with Gasteiger partial charge in [0.1, 0.15) is 6.10 Å². The van der Waals surface area contributed by atoms with Gasteiger partial charge < -0.3 is 10.1 Å². The van der Waals surface area contributed by atoms with Gasteiger partial charge in [-0.15, -0.1) is 11.3 Å². The number of thiophene rings is 1. The second kappa shape index (κ2) is 6.10. The standard InChI is InChI=1S/C19H21NO2S/c1-12(21)20-14-8-6-13(7-9-14)18-16-10-11-23-19(16)15-4-2-3-5-17(15)22-18/h6-11,15,17-18H,2-5H2,1H3,(H,20,21)/t15-,17+,18+/m1/s1. The molecule has 1 aromatic heterocycles. The molecule has 2 heterocycles. The van der Waals surface area contributed by atoms with Crippen molar-refractivity contribution >= 4 is 22.9 Å². The molecule has 4 heteroatoms. The molecular formula is C19H21NO2S. The number of carbonyl (C=O) groups is 1. The van der Waals surface area contributed by atoms with Gasteiger partial charge in [0.05, 0.1) is 6.10 Å². The molecule has 1 aliphatic carbocycles. The fourth-order valence-electron chi connectivity index (χ4n) is 3.86. The third-order valence-electron chi connectivity index (χ3n) is 4.89. The maximum absolute atomic E-state index is 11.2. The summed E-state index contributed by atoms with van der Waals surface area (Å²) in [4.78, 5) is 12.7. The van der Waals surface area contributed by atoms with Crippen LogP contribution in [0.15, 0.2) is 35.7 Å². The lowest BCUT2D eigenvalue weighted by Crippen LogP contribution is -2.32. The van der Waals surface area contributed by atoms with E-state index in [4.69, 9.17) is 4.74 Å². The van der Waals surface area contributed by atoms with E-state index in [1.165, 1.54) is 48.6 Å². The normalized spacial score (nSPS) is 26.2. The minimum atomic E-state index is -0.0446. The molecule has 0 unspecified atom stereocenters. The average Bonchev–Trinajstić information content (AvgIpc) is 3.04. The molecule has 1 aromatic carbocycles. The van der Waals surface area contributed by atoms with Gasteiger partial charge in [0.2, 0.25) is 5.91 Å². The number of hydrogen-bond acceptors (Lipinski definition) is 3. The van der Waals surface area contributed by atoms with E-state index >= 15 is 0 Å². The summed E-state index contributed by atoms with van der Waals surface area (Å²) in [6.07, 6.45) is 5.40. The van der Waals surface area contributed by atoms with Crippen LogP contribution >= 0.6 is 11.3 Å². The molecule has 2 aliphatic rings.